The largest absolute Gasteiger partial charge is 0.497 e. The minimum absolute atomic E-state index is 0.144. The minimum Gasteiger partial charge on any atom is -0.497 e. The Bertz CT molecular complexity index is 951. The summed E-state index contributed by atoms with van der Waals surface area (Å²) in [6.45, 7) is 1.44. The number of pyridine rings is 1. The molecule has 6 heteroatoms. The van der Waals surface area contributed by atoms with E-state index in [4.69, 9.17) is 4.74 Å². The number of nitrogens with one attached hydrogen (secondary N) is 2. The van der Waals surface area contributed by atoms with E-state index in [9.17, 15) is 9.59 Å². The van der Waals surface area contributed by atoms with Crippen LogP contribution in [0.5, 0.6) is 5.75 Å². The van der Waals surface area contributed by atoms with Gasteiger partial charge in [-0.15, -0.1) is 0 Å². The Morgan fingerprint density at radius 3 is 2.11 bits per heavy atom. The quantitative estimate of drug-likeness (QED) is 0.721. The van der Waals surface area contributed by atoms with Gasteiger partial charge in [-0.05, 0) is 60.7 Å². The predicted octanol–water partition coefficient (Wildman–Crippen LogP) is 3.97. The van der Waals surface area contributed by atoms with E-state index in [1.807, 2.05) is 24.3 Å². The van der Waals surface area contributed by atoms with Gasteiger partial charge in [0.2, 0.25) is 5.91 Å². The lowest BCUT2D eigenvalue weighted by molar-refractivity contribution is -0.114. The van der Waals surface area contributed by atoms with Gasteiger partial charge in [-0.3, -0.25) is 14.6 Å². The van der Waals surface area contributed by atoms with E-state index >= 15 is 0 Å². The van der Waals surface area contributed by atoms with Crippen LogP contribution in [0.2, 0.25) is 0 Å². The number of hydrogen-bond donors (Lipinski definition) is 2. The number of hydrogen-bond acceptors (Lipinski definition) is 4. The number of rotatable bonds is 5. The minimum atomic E-state index is -0.237. The normalized spacial score (nSPS) is 10.1. The molecule has 0 spiro atoms. The third kappa shape index (κ3) is 4.70. The first-order valence-corrected chi connectivity index (χ1v) is 8.34. The van der Waals surface area contributed by atoms with E-state index < -0.39 is 0 Å². The highest BCUT2D eigenvalue weighted by Gasteiger charge is 2.09. The summed E-state index contributed by atoms with van der Waals surface area (Å²) >= 11 is 0. The molecule has 0 fully saturated rings. The van der Waals surface area contributed by atoms with Gasteiger partial charge in [0.15, 0.2) is 0 Å². The van der Waals surface area contributed by atoms with Crippen molar-refractivity contribution in [3.63, 3.8) is 0 Å². The van der Waals surface area contributed by atoms with Crippen LogP contribution in [0.1, 0.15) is 17.3 Å². The second-order valence-corrected chi connectivity index (χ2v) is 5.87. The molecule has 0 radical (unpaired) electrons. The summed E-state index contributed by atoms with van der Waals surface area (Å²) in [5, 5.41) is 5.52. The summed E-state index contributed by atoms with van der Waals surface area (Å²) in [5.41, 5.74) is 3.40. The molecular weight excluding hydrogens is 342 g/mol. The fraction of sp³-hybridized carbons (Fsp3) is 0.0952. The molecule has 2 amide bonds. The first-order valence-electron chi connectivity index (χ1n) is 8.34. The van der Waals surface area contributed by atoms with Gasteiger partial charge < -0.3 is 15.4 Å². The molecule has 1 heterocycles. The fourth-order valence-corrected chi connectivity index (χ4v) is 2.53. The molecule has 0 unspecified atom stereocenters. The number of benzene rings is 2. The second-order valence-electron chi connectivity index (χ2n) is 5.87. The highest BCUT2D eigenvalue weighted by Crippen LogP contribution is 2.22. The van der Waals surface area contributed by atoms with E-state index in [0.29, 0.717) is 22.6 Å². The van der Waals surface area contributed by atoms with Crippen LogP contribution >= 0.6 is 0 Å². The van der Waals surface area contributed by atoms with Gasteiger partial charge in [0.25, 0.3) is 5.91 Å². The molecule has 3 aromatic rings. The van der Waals surface area contributed by atoms with E-state index in [-0.39, 0.29) is 11.8 Å². The molecule has 0 atom stereocenters. The molecule has 3 rings (SSSR count). The Morgan fingerprint density at radius 2 is 1.52 bits per heavy atom. The van der Waals surface area contributed by atoms with Crippen LogP contribution in [0.25, 0.3) is 11.3 Å². The summed E-state index contributed by atoms with van der Waals surface area (Å²) in [7, 11) is 1.61. The van der Waals surface area contributed by atoms with Crippen molar-refractivity contribution in [2.75, 3.05) is 17.7 Å². The molecule has 136 valence electrons. The molecule has 27 heavy (non-hydrogen) atoms. The molecule has 0 aliphatic carbocycles. The van der Waals surface area contributed by atoms with Crippen molar-refractivity contribution in [1.82, 2.24) is 4.98 Å². The monoisotopic (exact) mass is 361 g/mol. The summed E-state index contributed by atoms with van der Waals surface area (Å²) < 4.78 is 5.16. The molecule has 2 aromatic carbocycles. The second kappa shape index (κ2) is 8.14. The predicted molar refractivity (Wildman–Crippen MR) is 105 cm³/mol. The van der Waals surface area contributed by atoms with Gasteiger partial charge in [0.1, 0.15) is 5.75 Å². The van der Waals surface area contributed by atoms with Crippen LogP contribution in [0.3, 0.4) is 0 Å². The summed E-state index contributed by atoms with van der Waals surface area (Å²) in [6.07, 6.45) is 1.61. The van der Waals surface area contributed by atoms with E-state index in [1.165, 1.54) is 6.92 Å². The third-order valence-electron chi connectivity index (χ3n) is 3.87. The maximum atomic E-state index is 12.5. The first-order chi connectivity index (χ1) is 13.0. The maximum absolute atomic E-state index is 12.5. The molecule has 0 aliphatic rings. The molecule has 0 saturated heterocycles. The van der Waals surface area contributed by atoms with Crippen LogP contribution in [-0.4, -0.2) is 23.9 Å². The van der Waals surface area contributed by atoms with Crippen LogP contribution in [0.4, 0.5) is 11.4 Å². The van der Waals surface area contributed by atoms with Crippen molar-refractivity contribution in [3.8, 4) is 17.0 Å². The Hall–Kier alpha value is -3.67. The van der Waals surface area contributed by atoms with Gasteiger partial charge in [0.05, 0.1) is 12.8 Å². The molecular formula is C21H19N3O3. The van der Waals surface area contributed by atoms with Crippen molar-refractivity contribution in [3.05, 3.63) is 72.4 Å². The van der Waals surface area contributed by atoms with Gasteiger partial charge in [-0.1, -0.05) is 0 Å². The number of methoxy groups -OCH3 is 1. The van der Waals surface area contributed by atoms with Crippen LogP contribution in [0.15, 0.2) is 66.9 Å². The highest BCUT2D eigenvalue weighted by molar-refractivity contribution is 6.04. The number of carbonyl (C=O) groups is 2. The lowest BCUT2D eigenvalue weighted by atomic mass is 10.1. The molecule has 1 aromatic heterocycles. The molecule has 0 aliphatic heterocycles. The zero-order valence-corrected chi connectivity index (χ0v) is 15.0. The van der Waals surface area contributed by atoms with Crippen molar-refractivity contribution < 1.29 is 14.3 Å². The van der Waals surface area contributed by atoms with Crippen molar-refractivity contribution >= 4 is 23.2 Å². The van der Waals surface area contributed by atoms with Crippen molar-refractivity contribution in [2.45, 2.75) is 6.92 Å². The molecule has 2 N–H and O–H groups in total. The number of carbonyl (C=O) groups excluding carboxylic acids is 2. The average Bonchev–Trinajstić information content (AvgIpc) is 2.69. The highest BCUT2D eigenvalue weighted by atomic mass is 16.5. The number of aromatic nitrogens is 1. The summed E-state index contributed by atoms with van der Waals surface area (Å²) in [6, 6.07) is 17.8. The van der Waals surface area contributed by atoms with E-state index in [2.05, 4.69) is 15.6 Å². The van der Waals surface area contributed by atoms with Crippen molar-refractivity contribution in [2.24, 2.45) is 0 Å². The zero-order valence-electron chi connectivity index (χ0n) is 15.0. The fourth-order valence-electron chi connectivity index (χ4n) is 2.53. The van der Waals surface area contributed by atoms with Gasteiger partial charge >= 0.3 is 0 Å². The standard InChI is InChI=1S/C21H19N3O3/c1-14(25)23-17-5-7-18(8-6-17)24-21(26)16-11-12-22-20(13-16)15-3-9-19(27-2)10-4-15/h3-13H,1-2H3,(H,23,25)(H,24,26). The molecule has 0 saturated carbocycles. The number of ether oxygens (including phenoxy) is 1. The Morgan fingerprint density at radius 1 is 0.889 bits per heavy atom. The number of amides is 2. The van der Waals surface area contributed by atoms with Crippen molar-refractivity contribution in [1.29, 1.82) is 0 Å². The SMILES string of the molecule is COc1ccc(-c2cc(C(=O)Nc3ccc(NC(C)=O)cc3)ccn2)cc1. The Balaban J connectivity index is 1.74. The average molecular weight is 361 g/mol. The molecule has 0 bridgehead atoms. The maximum Gasteiger partial charge on any atom is 0.255 e. The number of nitrogens with zero attached hydrogens (tertiary/aromatic N) is 1. The lowest BCUT2D eigenvalue weighted by Gasteiger charge is -2.08. The lowest BCUT2D eigenvalue weighted by Crippen LogP contribution is -2.12. The van der Waals surface area contributed by atoms with Gasteiger partial charge in [0, 0.05) is 35.6 Å². The topological polar surface area (TPSA) is 80.3 Å². The van der Waals surface area contributed by atoms with Gasteiger partial charge in [-0.25, -0.2) is 0 Å². The summed E-state index contributed by atoms with van der Waals surface area (Å²) in [5.74, 6) is 0.379. The first kappa shape index (κ1) is 18.1. The third-order valence-corrected chi connectivity index (χ3v) is 3.87. The van der Waals surface area contributed by atoms with Crippen LogP contribution < -0.4 is 15.4 Å². The van der Waals surface area contributed by atoms with Crippen LogP contribution in [0, 0.1) is 0 Å². The summed E-state index contributed by atoms with van der Waals surface area (Å²) in [4.78, 5) is 27.9. The Labute approximate surface area is 157 Å². The van der Waals surface area contributed by atoms with E-state index in [1.54, 1.807) is 49.7 Å². The Kier molecular flexibility index (Phi) is 5.47. The van der Waals surface area contributed by atoms with E-state index in [0.717, 1.165) is 11.3 Å². The zero-order chi connectivity index (χ0) is 19.2. The van der Waals surface area contributed by atoms with Gasteiger partial charge in [-0.2, -0.15) is 0 Å². The number of anilines is 2. The smallest absolute Gasteiger partial charge is 0.255 e. The molecule has 6 nitrogen and oxygen atoms in total. The van der Waals surface area contributed by atoms with Crippen LogP contribution in [-0.2, 0) is 4.79 Å².